The first-order valence-electron chi connectivity index (χ1n) is 5.94. The largest absolute Gasteiger partial charge is 0.311 e. The first-order valence-corrected chi connectivity index (χ1v) is 6.47. The van der Waals surface area contributed by atoms with Gasteiger partial charge in [0.25, 0.3) is 5.56 Å². The summed E-state index contributed by atoms with van der Waals surface area (Å²) >= 11 is 5.52. The van der Waals surface area contributed by atoms with Crippen LogP contribution in [0, 0.1) is 0 Å². The lowest BCUT2D eigenvalue weighted by atomic mass is 10.3. The molecule has 1 aromatic carbocycles. The lowest BCUT2D eigenvalue weighted by molar-refractivity contribution is -0.116. The van der Waals surface area contributed by atoms with Gasteiger partial charge in [0.2, 0.25) is 5.91 Å². The van der Waals surface area contributed by atoms with Gasteiger partial charge >= 0.3 is 0 Å². The third kappa shape index (κ3) is 3.48. The van der Waals surface area contributed by atoms with Gasteiger partial charge in [0.15, 0.2) is 0 Å². The molecule has 0 aliphatic rings. The Kier molecular flexibility index (Phi) is 4.41. The van der Waals surface area contributed by atoms with Crippen molar-refractivity contribution in [2.24, 2.45) is 0 Å². The van der Waals surface area contributed by atoms with Gasteiger partial charge in [0.1, 0.15) is 5.82 Å². The first-order chi connectivity index (χ1) is 9.20. The highest BCUT2D eigenvalue weighted by atomic mass is 35.5. The van der Waals surface area contributed by atoms with E-state index in [1.807, 2.05) is 18.2 Å². The summed E-state index contributed by atoms with van der Waals surface area (Å²) in [6.07, 6.45) is 0.944. The van der Waals surface area contributed by atoms with Crippen LogP contribution in [-0.4, -0.2) is 21.6 Å². The highest BCUT2D eigenvalue weighted by Gasteiger charge is 2.07. The van der Waals surface area contributed by atoms with Crippen LogP contribution in [-0.2, 0) is 4.79 Å². The third-order valence-electron chi connectivity index (χ3n) is 2.55. The molecule has 100 valence electrons. The minimum Gasteiger partial charge on any atom is -0.311 e. The molecule has 6 heteroatoms. The second kappa shape index (κ2) is 6.24. The minimum absolute atomic E-state index is 0.165. The van der Waals surface area contributed by atoms with E-state index in [1.165, 1.54) is 10.7 Å². The first kappa shape index (κ1) is 13.4. The van der Waals surface area contributed by atoms with Crippen LogP contribution in [0.15, 0.2) is 41.2 Å². The van der Waals surface area contributed by atoms with Crippen molar-refractivity contribution in [3.63, 3.8) is 0 Å². The molecular weight excluding hydrogens is 266 g/mol. The molecule has 2 N–H and O–H groups in total. The Morgan fingerprint density at radius 1 is 1.32 bits per heavy atom. The second-order valence-electron chi connectivity index (χ2n) is 4.02. The van der Waals surface area contributed by atoms with E-state index < -0.39 is 0 Å². The van der Waals surface area contributed by atoms with Gasteiger partial charge < -0.3 is 5.32 Å². The van der Waals surface area contributed by atoms with E-state index in [2.05, 4.69) is 10.4 Å². The summed E-state index contributed by atoms with van der Waals surface area (Å²) in [5, 5.41) is 5.48. The Hall–Kier alpha value is -2.01. The van der Waals surface area contributed by atoms with Crippen LogP contribution in [0.4, 0.5) is 5.82 Å². The number of anilines is 1. The predicted octanol–water partition coefficient (Wildman–Crippen LogP) is 2.12. The van der Waals surface area contributed by atoms with E-state index in [0.717, 1.165) is 0 Å². The molecule has 1 amide bonds. The SMILES string of the molecule is O=C(CCCCl)Nc1cc(=O)n(-c2ccccc2)[nH]1. The van der Waals surface area contributed by atoms with Crippen molar-refractivity contribution in [3.05, 3.63) is 46.8 Å². The Morgan fingerprint density at radius 3 is 2.74 bits per heavy atom. The van der Waals surface area contributed by atoms with Crippen LogP contribution >= 0.6 is 11.6 Å². The maximum Gasteiger partial charge on any atom is 0.273 e. The zero-order valence-corrected chi connectivity index (χ0v) is 11.0. The summed E-state index contributed by atoms with van der Waals surface area (Å²) in [5.41, 5.74) is 0.493. The van der Waals surface area contributed by atoms with E-state index in [-0.39, 0.29) is 11.5 Å². The van der Waals surface area contributed by atoms with E-state index in [1.54, 1.807) is 12.1 Å². The fraction of sp³-hybridized carbons (Fsp3) is 0.231. The molecule has 0 saturated heterocycles. The molecule has 19 heavy (non-hydrogen) atoms. The third-order valence-corrected chi connectivity index (χ3v) is 2.81. The molecule has 0 fully saturated rings. The number of aromatic amines is 1. The summed E-state index contributed by atoms with van der Waals surface area (Å²) in [4.78, 5) is 23.3. The molecule has 0 aliphatic heterocycles. The van der Waals surface area contributed by atoms with Crippen LogP contribution < -0.4 is 10.9 Å². The Labute approximate surface area is 115 Å². The topological polar surface area (TPSA) is 66.9 Å². The normalized spacial score (nSPS) is 10.4. The number of rotatable bonds is 5. The summed E-state index contributed by atoms with van der Waals surface area (Å²) in [5.74, 6) is 0.658. The molecule has 1 aromatic heterocycles. The summed E-state index contributed by atoms with van der Waals surface area (Å²) < 4.78 is 1.37. The van der Waals surface area contributed by atoms with Crippen molar-refractivity contribution < 1.29 is 4.79 Å². The van der Waals surface area contributed by atoms with E-state index in [4.69, 9.17) is 11.6 Å². The number of carbonyl (C=O) groups excluding carboxylic acids is 1. The molecule has 0 bridgehead atoms. The number of para-hydroxylation sites is 1. The molecule has 5 nitrogen and oxygen atoms in total. The van der Waals surface area contributed by atoms with Crippen molar-refractivity contribution in [1.29, 1.82) is 0 Å². The maximum absolute atomic E-state index is 11.8. The van der Waals surface area contributed by atoms with Crippen molar-refractivity contribution in [2.45, 2.75) is 12.8 Å². The molecule has 0 aliphatic carbocycles. The fourth-order valence-corrected chi connectivity index (χ4v) is 1.80. The van der Waals surface area contributed by atoms with Crippen molar-refractivity contribution >= 4 is 23.3 Å². The number of alkyl halides is 1. The number of benzene rings is 1. The van der Waals surface area contributed by atoms with Crippen molar-refractivity contribution in [1.82, 2.24) is 9.78 Å². The van der Waals surface area contributed by atoms with E-state index >= 15 is 0 Å². The molecule has 0 atom stereocenters. The molecule has 0 unspecified atom stereocenters. The van der Waals surface area contributed by atoms with Gasteiger partial charge in [-0.1, -0.05) is 18.2 Å². The van der Waals surface area contributed by atoms with Gasteiger partial charge in [-0.05, 0) is 18.6 Å². The average molecular weight is 280 g/mol. The second-order valence-corrected chi connectivity index (χ2v) is 4.40. The van der Waals surface area contributed by atoms with Crippen LogP contribution in [0.3, 0.4) is 0 Å². The zero-order valence-electron chi connectivity index (χ0n) is 10.2. The van der Waals surface area contributed by atoms with Gasteiger partial charge in [-0.3, -0.25) is 14.7 Å². The van der Waals surface area contributed by atoms with Crippen LogP contribution in [0.5, 0.6) is 0 Å². The molecule has 0 radical (unpaired) electrons. The van der Waals surface area contributed by atoms with Crippen LogP contribution in [0.2, 0.25) is 0 Å². The van der Waals surface area contributed by atoms with E-state index in [9.17, 15) is 9.59 Å². The summed E-state index contributed by atoms with van der Waals surface area (Å²) in [7, 11) is 0. The quantitative estimate of drug-likeness (QED) is 0.823. The van der Waals surface area contributed by atoms with Crippen molar-refractivity contribution in [2.75, 3.05) is 11.2 Å². The van der Waals surface area contributed by atoms with Gasteiger partial charge in [-0.2, -0.15) is 0 Å². The van der Waals surface area contributed by atoms with Crippen LogP contribution in [0.25, 0.3) is 5.69 Å². The Balaban J connectivity index is 2.14. The molecule has 1 heterocycles. The number of amides is 1. The summed E-state index contributed by atoms with van der Waals surface area (Å²) in [6.45, 7) is 0. The van der Waals surface area contributed by atoms with E-state index in [0.29, 0.717) is 30.2 Å². The lowest BCUT2D eigenvalue weighted by Crippen LogP contribution is -2.13. The molecule has 0 spiro atoms. The Morgan fingerprint density at radius 2 is 2.05 bits per heavy atom. The number of hydrogen-bond donors (Lipinski definition) is 2. The summed E-state index contributed by atoms with van der Waals surface area (Å²) in [6, 6.07) is 10.5. The highest BCUT2D eigenvalue weighted by molar-refractivity contribution is 6.18. The molecule has 0 saturated carbocycles. The monoisotopic (exact) mass is 279 g/mol. The molecule has 2 rings (SSSR count). The lowest BCUT2D eigenvalue weighted by Gasteiger charge is -2.03. The van der Waals surface area contributed by atoms with Gasteiger partial charge in [-0.15, -0.1) is 11.6 Å². The highest BCUT2D eigenvalue weighted by Crippen LogP contribution is 2.06. The number of hydrogen-bond acceptors (Lipinski definition) is 2. The van der Waals surface area contributed by atoms with Gasteiger partial charge in [0.05, 0.1) is 5.69 Å². The minimum atomic E-state index is -0.223. The average Bonchev–Trinajstić information content (AvgIpc) is 2.78. The Bertz CT molecular complexity index is 604. The maximum atomic E-state index is 11.8. The van der Waals surface area contributed by atoms with Gasteiger partial charge in [-0.25, -0.2) is 4.68 Å². The number of carbonyl (C=O) groups is 1. The number of halogens is 1. The molecule has 2 aromatic rings. The standard InChI is InChI=1S/C13H14ClN3O2/c14-8-4-7-12(18)15-11-9-13(19)17(16-11)10-5-2-1-3-6-10/h1-3,5-6,9,16H,4,7-8H2,(H,15,18). The van der Waals surface area contributed by atoms with Crippen LogP contribution in [0.1, 0.15) is 12.8 Å². The molecular formula is C13H14ClN3O2. The predicted molar refractivity (Wildman–Crippen MR) is 75.0 cm³/mol. The number of nitrogens with one attached hydrogen (secondary N) is 2. The smallest absolute Gasteiger partial charge is 0.273 e. The number of aromatic nitrogens is 2. The fourth-order valence-electron chi connectivity index (χ4n) is 1.67. The van der Waals surface area contributed by atoms with Crippen molar-refractivity contribution in [3.8, 4) is 5.69 Å². The zero-order chi connectivity index (χ0) is 13.7. The van der Waals surface area contributed by atoms with Gasteiger partial charge in [0, 0.05) is 18.4 Å². The number of H-pyrrole nitrogens is 1. The number of nitrogens with zero attached hydrogens (tertiary/aromatic N) is 1.